The molecule has 1 unspecified atom stereocenters. The highest BCUT2D eigenvalue weighted by molar-refractivity contribution is 9.10. The van der Waals surface area contributed by atoms with Crippen molar-refractivity contribution >= 4 is 70.8 Å². The minimum Gasteiger partial charge on any atom is -0.444 e. The molecule has 0 radical (unpaired) electrons. The standard InChI is InChI=1S/C40H51BrN6O5Si/c1-26-18-30(47(25-53(8)40(5,6)7)38(50)52-39(2,3)4)23-46(22-26)34-16-17-42-21-33(34)44-36(48)35-32(19-28-14-15-29(41)20-31(28)43-35)45-37(49)51-24-27-12-10-9-11-13-27/h9-17,19-21,26,30,53H,18,22-25H2,1-8H3,(H,44,48)(H,45,49)/t26-,30+,53?/m1/s1. The first-order valence-corrected chi connectivity index (χ1v) is 21.4. The minimum absolute atomic E-state index is 0.0178. The second-order valence-corrected chi connectivity index (χ2v) is 20.9. The van der Waals surface area contributed by atoms with E-state index >= 15 is 0 Å². The van der Waals surface area contributed by atoms with Gasteiger partial charge < -0.3 is 24.6 Å². The van der Waals surface area contributed by atoms with Crippen molar-refractivity contribution in [2.45, 2.75) is 84.7 Å². The van der Waals surface area contributed by atoms with Gasteiger partial charge in [0.1, 0.15) is 12.2 Å². The van der Waals surface area contributed by atoms with Gasteiger partial charge in [-0.2, -0.15) is 0 Å². The van der Waals surface area contributed by atoms with Gasteiger partial charge in [0.2, 0.25) is 0 Å². The molecule has 282 valence electrons. The predicted octanol–water partition coefficient (Wildman–Crippen LogP) is 9.04. The molecular formula is C40H51BrN6O5Si. The largest absolute Gasteiger partial charge is 0.444 e. The summed E-state index contributed by atoms with van der Waals surface area (Å²) >= 11 is 3.49. The summed E-state index contributed by atoms with van der Waals surface area (Å²) < 4.78 is 12.2. The van der Waals surface area contributed by atoms with Gasteiger partial charge >= 0.3 is 12.2 Å². The van der Waals surface area contributed by atoms with Crippen LogP contribution in [-0.2, 0) is 16.1 Å². The molecular weight excluding hydrogens is 752 g/mol. The molecule has 53 heavy (non-hydrogen) atoms. The number of nitrogens with zero attached hydrogens (tertiary/aromatic N) is 4. The van der Waals surface area contributed by atoms with E-state index in [-0.39, 0.29) is 41.1 Å². The molecule has 0 spiro atoms. The second-order valence-electron chi connectivity index (χ2n) is 16.1. The lowest BCUT2D eigenvalue weighted by Crippen LogP contribution is -2.56. The fourth-order valence-corrected chi connectivity index (χ4v) is 8.16. The number of hydrogen-bond acceptors (Lipinski definition) is 8. The Labute approximate surface area is 322 Å². The van der Waals surface area contributed by atoms with Crippen LogP contribution in [0.5, 0.6) is 0 Å². The van der Waals surface area contributed by atoms with Crippen LogP contribution in [0.25, 0.3) is 10.9 Å². The van der Waals surface area contributed by atoms with Crippen LogP contribution in [0, 0.1) is 5.92 Å². The molecule has 1 saturated heterocycles. The number of pyridine rings is 2. The predicted molar refractivity (Wildman–Crippen MR) is 217 cm³/mol. The van der Waals surface area contributed by atoms with Crippen LogP contribution in [0.2, 0.25) is 11.6 Å². The molecule has 1 aliphatic rings. The van der Waals surface area contributed by atoms with E-state index in [1.165, 1.54) is 0 Å². The van der Waals surface area contributed by atoms with Crippen molar-refractivity contribution in [2.75, 3.05) is 34.8 Å². The van der Waals surface area contributed by atoms with Gasteiger partial charge in [-0.1, -0.05) is 86.6 Å². The molecule has 3 amide bonds. The lowest BCUT2D eigenvalue weighted by Gasteiger charge is -2.45. The van der Waals surface area contributed by atoms with E-state index < -0.39 is 26.4 Å². The van der Waals surface area contributed by atoms with Crippen molar-refractivity contribution < 1.29 is 23.9 Å². The Hall–Kier alpha value is -4.49. The third-order valence-corrected chi connectivity index (χ3v) is 13.9. The smallest absolute Gasteiger partial charge is 0.412 e. The number of amides is 3. The molecule has 2 N–H and O–H groups in total. The highest BCUT2D eigenvalue weighted by Crippen LogP contribution is 2.34. The summed E-state index contributed by atoms with van der Waals surface area (Å²) in [5.74, 6) is -0.276. The highest BCUT2D eigenvalue weighted by atomic mass is 79.9. The highest BCUT2D eigenvalue weighted by Gasteiger charge is 2.37. The van der Waals surface area contributed by atoms with E-state index in [0.717, 1.165) is 34.1 Å². The second kappa shape index (κ2) is 16.7. The van der Waals surface area contributed by atoms with Crippen molar-refractivity contribution in [2.24, 2.45) is 5.92 Å². The number of fused-ring (bicyclic) bond motifs is 1. The average Bonchev–Trinajstić information content (AvgIpc) is 3.08. The number of piperidine rings is 1. The fourth-order valence-electron chi connectivity index (χ4n) is 6.22. The van der Waals surface area contributed by atoms with E-state index in [1.807, 2.05) is 80.3 Å². The molecule has 11 nitrogen and oxygen atoms in total. The van der Waals surface area contributed by atoms with Crippen molar-refractivity contribution in [1.82, 2.24) is 14.9 Å². The molecule has 2 aromatic heterocycles. The minimum atomic E-state index is -1.39. The molecule has 5 rings (SSSR count). The van der Waals surface area contributed by atoms with Gasteiger partial charge in [-0.05, 0) is 68.0 Å². The van der Waals surface area contributed by atoms with Gasteiger partial charge in [-0.25, -0.2) is 14.6 Å². The Morgan fingerprint density at radius 2 is 1.72 bits per heavy atom. The first-order valence-electron chi connectivity index (χ1n) is 18.0. The van der Waals surface area contributed by atoms with Crippen LogP contribution in [0.15, 0.2) is 77.5 Å². The van der Waals surface area contributed by atoms with Gasteiger partial charge in [0.15, 0.2) is 5.69 Å². The summed E-state index contributed by atoms with van der Waals surface area (Å²) in [6.07, 6.45) is 3.83. The molecule has 1 aliphatic heterocycles. The van der Waals surface area contributed by atoms with Crippen LogP contribution < -0.4 is 15.5 Å². The van der Waals surface area contributed by atoms with Crippen LogP contribution >= 0.6 is 15.9 Å². The van der Waals surface area contributed by atoms with Crippen molar-refractivity contribution in [1.29, 1.82) is 0 Å². The molecule has 4 aromatic rings. The first-order chi connectivity index (χ1) is 25.0. The summed E-state index contributed by atoms with van der Waals surface area (Å²) in [5, 5.41) is 6.63. The molecule has 2 aromatic carbocycles. The van der Waals surface area contributed by atoms with E-state index in [0.29, 0.717) is 23.9 Å². The molecule has 1 fully saturated rings. The summed E-state index contributed by atoms with van der Waals surface area (Å²) in [4.78, 5) is 54.1. The number of anilines is 3. The Balaban J connectivity index is 1.42. The van der Waals surface area contributed by atoms with Crippen molar-refractivity contribution in [3.63, 3.8) is 0 Å². The van der Waals surface area contributed by atoms with Crippen LogP contribution in [0.1, 0.15) is 70.9 Å². The molecule has 3 heterocycles. The maximum absolute atomic E-state index is 14.1. The Morgan fingerprint density at radius 1 is 0.981 bits per heavy atom. The number of nitrogens with one attached hydrogen (secondary N) is 2. The number of aromatic nitrogens is 2. The van der Waals surface area contributed by atoms with Gasteiger partial charge in [0, 0.05) is 35.3 Å². The lowest BCUT2D eigenvalue weighted by atomic mass is 9.94. The zero-order chi connectivity index (χ0) is 38.5. The average molecular weight is 804 g/mol. The van der Waals surface area contributed by atoms with E-state index in [1.54, 1.807) is 18.5 Å². The zero-order valence-electron chi connectivity index (χ0n) is 31.9. The van der Waals surface area contributed by atoms with Gasteiger partial charge in [0.25, 0.3) is 5.91 Å². The van der Waals surface area contributed by atoms with Crippen molar-refractivity contribution in [3.8, 4) is 0 Å². The molecule has 0 bridgehead atoms. The topological polar surface area (TPSA) is 126 Å². The maximum Gasteiger partial charge on any atom is 0.412 e. The van der Waals surface area contributed by atoms with Crippen LogP contribution in [0.3, 0.4) is 0 Å². The number of benzene rings is 2. The van der Waals surface area contributed by atoms with Crippen LogP contribution in [0.4, 0.5) is 26.7 Å². The number of carbonyl (C=O) groups is 3. The maximum atomic E-state index is 14.1. The third kappa shape index (κ3) is 10.8. The summed E-state index contributed by atoms with van der Waals surface area (Å²) in [6, 6.07) is 18.4. The van der Waals surface area contributed by atoms with Crippen molar-refractivity contribution in [3.05, 3.63) is 88.8 Å². The zero-order valence-corrected chi connectivity index (χ0v) is 34.6. The van der Waals surface area contributed by atoms with E-state index in [2.05, 4.69) is 75.7 Å². The monoisotopic (exact) mass is 802 g/mol. The molecule has 3 atom stereocenters. The Bertz CT molecular complexity index is 1930. The number of halogens is 1. The van der Waals surface area contributed by atoms with Crippen LogP contribution in [-0.4, -0.2) is 72.7 Å². The van der Waals surface area contributed by atoms with Gasteiger partial charge in [-0.3, -0.25) is 15.1 Å². The summed E-state index contributed by atoms with van der Waals surface area (Å²) in [6.45, 7) is 18.3. The third-order valence-electron chi connectivity index (χ3n) is 9.49. The van der Waals surface area contributed by atoms with Gasteiger partial charge in [-0.15, -0.1) is 0 Å². The summed E-state index contributed by atoms with van der Waals surface area (Å²) in [5.41, 5.74) is 2.27. The Morgan fingerprint density at radius 3 is 2.42 bits per heavy atom. The lowest BCUT2D eigenvalue weighted by molar-refractivity contribution is 0.0170. The summed E-state index contributed by atoms with van der Waals surface area (Å²) in [7, 11) is -1.39. The van der Waals surface area contributed by atoms with E-state index in [9.17, 15) is 14.4 Å². The molecule has 0 aliphatic carbocycles. The van der Waals surface area contributed by atoms with Gasteiger partial charge in [0.05, 0.1) is 43.6 Å². The first kappa shape index (κ1) is 39.7. The number of ether oxygens (including phenoxy) is 2. The quantitative estimate of drug-likeness (QED) is 0.161. The number of carbonyl (C=O) groups excluding carboxylic acids is 3. The number of hydrogen-bond donors (Lipinski definition) is 2. The molecule has 13 heteroatoms. The number of rotatable bonds is 9. The normalized spacial score (nSPS) is 16.8. The Kier molecular flexibility index (Phi) is 12.5. The molecule has 0 saturated carbocycles. The SMILES string of the molecule is C[C@@H]1C[C@H](N(C[SiH](C)C(C)(C)C)C(=O)OC(C)(C)C)CN(c2ccncc2NC(=O)c2nc3cc(Br)ccc3cc2NC(=O)OCc2ccccc2)C1. The fraction of sp³-hybridized carbons (Fsp3) is 0.425. The van der Waals surface area contributed by atoms with E-state index in [4.69, 9.17) is 9.47 Å².